The number of benzene rings is 1. The molecule has 0 radical (unpaired) electrons. The molecule has 172 valence electrons. The van der Waals surface area contributed by atoms with Crippen molar-refractivity contribution in [3.05, 3.63) is 65.3 Å². The number of thioether (sulfide) groups is 1. The number of allylic oxidation sites excluding steroid dienone is 1. The van der Waals surface area contributed by atoms with Gasteiger partial charge in [-0.2, -0.15) is 0 Å². The van der Waals surface area contributed by atoms with Crippen LogP contribution >= 0.6 is 11.8 Å². The molecule has 1 aliphatic heterocycles. The van der Waals surface area contributed by atoms with E-state index in [1.807, 2.05) is 35.8 Å². The second kappa shape index (κ2) is 9.27. The molecule has 2 atom stereocenters. The predicted molar refractivity (Wildman–Crippen MR) is 125 cm³/mol. The van der Waals surface area contributed by atoms with Gasteiger partial charge in [-0.25, -0.2) is 0 Å². The lowest BCUT2D eigenvalue weighted by molar-refractivity contribution is 0.0821. The number of nitrogens with one attached hydrogen (secondary N) is 1. The highest BCUT2D eigenvalue weighted by molar-refractivity contribution is 8.00. The summed E-state index contributed by atoms with van der Waals surface area (Å²) in [5, 5.41) is 8.81. The van der Waals surface area contributed by atoms with Crippen molar-refractivity contribution >= 4 is 23.3 Å². The van der Waals surface area contributed by atoms with Crippen LogP contribution in [0.25, 0.3) is 0 Å². The fourth-order valence-corrected chi connectivity index (χ4v) is 4.94. The van der Waals surface area contributed by atoms with E-state index < -0.39 is 11.4 Å². The largest absolute Gasteiger partial charge is 0.485 e. The van der Waals surface area contributed by atoms with Gasteiger partial charge in [0, 0.05) is 17.8 Å². The number of aromatic amines is 1. The third kappa shape index (κ3) is 4.32. The summed E-state index contributed by atoms with van der Waals surface area (Å²) in [5.74, 6) is 1.79. The molecule has 8 nitrogen and oxygen atoms in total. The van der Waals surface area contributed by atoms with Crippen LogP contribution in [0.2, 0.25) is 0 Å². The van der Waals surface area contributed by atoms with Crippen molar-refractivity contribution in [2.45, 2.75) is 50.8 Å². The van der Waals surface area contributed by atoms with E-state index in [-0.39, 0.29) is 11.6 Å². The lowest BCUT2D eigenvalue weighted by Gasteiger charge is -2.26. The zero-order valence-electron chi connectivity index (χ0n) is 19.0. The number of H-pyrrole nitrogens is 1. The molecule has 0 saturated carbocycles. The highest BCUT2D eigenvalue weighted by Gasteiger charge is 2.30. The molecule has 0 spiro atoms. The third-order valence-corrected chi connectivity index (χ3v) is 6.62. The number of para-hydroxylation sites is 2. The average molecular weight is 467 g/mol. The standard InChI is InChI=1S/C24H26N4O4S/c1-6-11-28-23(19-12-31-17-9-7-8-10-18(17)32-19)26-27-24(28)33-16(5)22(30)21-13(2)20(15(4)29)14(3)25-21/h6-10,16,19,25H,1,11-12H2,2-5H3/t16-,19-/m1/s1. The van der Waals surface area contributed by atoms with Gasteiger partial charge < -0.3 is 14.5 Å². The molecule has 0 unspecified atom stereocenters. The van der Waals surface area contributed by atoms with Crippen molar-refractivity contribution in [1.82, 2.24) is 19.7 Å². The van der Waals surface area contributed by atoms with Crippen LogP contribution in [-0.4, -0.2) is 43.2 Å². The summed E-state index contributed by atoms with van der Waals surface area (Å²) < 4.78 is 13.8. The Bertz CT molecular complexity index is 1230. The number of carbonyl (C=O) groups is 2. The second-order valence-corrected chi connectivity index (χ2v) is 9.22. The Balaban J connectivity index is 1.57. The molecule has 1 N–H and O–H groups in total. The van der Waals surface area contributed by atoms with Crippen molar-refractivity contribution in [2.75, 3.05) is 6.61 Å². The zero-order valence-corrected chi connectivity index (χ0v) is 19.9. The number of nitrogens with zero attached hydrogens (tertiary/aromatic N) is 3. The van der Waals surface area contributed by atoms with Crippen LogP contribution in [0, 0.1) is 13.8 Å². The highest BCUT2D eigenvalue weighted by Crippen LogP contribution is 2.36. The van der Waals surface area contributed by atoms with Gasteiger partial charge in [-0.1, -0.05) is 30.0 Å². The molecule has 1 aromatic carbocycles. The number of carbonyl (C=O) groups excluding carboxylic acids is 2. The second-order valence-electron chi connectivity index (χ2n) is 7.91. The number of hydrogen-bond donors (Lipinski definition) is 1. The van der Waals surface area contributed by atoms with Crippen LogP contribution in [0.3, 0.4) is 0 Å². The summed E-state index contributed by atoms with van der Waals surface area (Å²) in [5.41, 5.74) is 2.40. The molecule has 0 fully saturated rings. The molecule has 0 amide bonds. The number of fused-ring (bicyclic) bond motifs is 1. The zero-order chi connectivity index (χ0) is 23.7. The van der Waals surface area contributed by atoms with Crippen LogP contribution in [0.5, 0.6) is 11.5 Å². The summed E-state index contributed by atoms with van der Waals surface area (Å²) in [6.07, 6.45) is 1.32. The molecule has 0 aliphatic carbocycles. The first-order valence-corrected chi connectivity index (χ1v) is 11.5. The molecular formula is C24H26N4O4S. The van der Waals surface area contributed by atoms with Crippen LogP contribution < -0.4 is 9.47 Å². The molecule has 1 aliphatic rings. The van der Waals surface area contributed by atoms with Gasteiger partial charge in [-0.15, -0.1) is 16.8 Å². The minimum absolute atomic E-state index is 0.0627. The number of ketones is 2. The maximum absolute atomic E-state index is 13.2. The summed E-state index contributed by atoms with van der Waals surface area (Å²) in [4.78, 5) is 28.2. The maximum Gasteiger partial charge on any atom is 0.192 e. The number of ether oxygens (including phenoxy) is 2. The number of hydrogen-bond acceptors (Lipinski definition) is 7. The Kier molecular flexibility index (Phi) is 6.42. The average Bonchev–Trinajstić information content (AvgIpc) is 3.32. The highest BCUT2D eigenvalue weighted by atomic mass is 32.2. The topological polar surface area (TPSA) is 99.1 Å². The van der Waals surface area contributed by atoms with Gasteiger partial charge in [0.1, 0.15) is 6.61 Å². The number of rotatable bonds is 8. The van der Waals surface area contributed by atoms with Crippen molar-refractivity contribution in [2.24, 2.45) is 0 Å². The van der Waals surface area contributed by atoms with Gasteiger partial charge in [0.25, 0.3) is 0 Å². The van der Waals surface area contributed by atoms with Gasteiger partial charge in [-0.05, 0) is 45.4 Å². The van der Waals surface area contributed by atoms with Crippen molar-refractivity contribution in [3.8, 4) is 11.5 Å². The van der Waals surface area contributed by atoms with Crippen LogP contribution in [0.1, 0.15) is 57.9 Å². The fraction of sp³-hybridized carbons (Fsp3) is 0.333. The molecule has 3 heterocycles. The first-order valence-electron chi connectivity index (χ1n) is 10.6. The molecule has 0 bridgehead atoms. The number of Topliss-reactive ketones (excluding diaryl/α,β-unsaturated/α-hetero) is 2. The minimum Gasteiger partial charge on any atom is -0.485 e. The Morgan fingerprint density at radius 3 is 2.70 bits per heavy atom. The first kappa shape index (κ1) is 22.8. The van der Waals surface area contributed by atoms with Gasteiger partial charge in [0.2, 0.25) is 0 Å². The molecule has 4 rings (SSSR count). The van der Waals surface area contributed by atoms with E-state index in [9.17, 15) is 9.59 Å². The number of aryl methyl sites for hydroxylation is 1. The maximum atomic E-state index is 13.2. The van der Waals surface area contributed by atoms with Crippen molar-refractivity contribution in [3.63, 3.8) is 0 Å². The Labute approximate surface area is 196 Å². The van der Waals surface area contributed by atoms with Gasteiger partial charge in [0.05, 0.1) is 10.9 Å². The quantitative estimate of drug-likeness (QED) is 0.297. The molecule has 33 heavy (non-hydrogen) atoms. The van der Waals surface area contributed by atoms with E-state index in [4.69, 9.17) is 9.47 Å². The van der Waals surface area contributed by atoms with E-state index in [1.54, 1.807) is 19.9 Å². The third-order valence-electron chi connectivity index (χ3n) is 5.54. The molecule has 3 aromatic rings. The summed E-state index contributed by atoms with van der Waals surface area (Å²) in [6.45, 7) is 11.5. The van der Waals surface area contributed by atoms with Gasteiger partial charge >= 0.3 is 0 Å². The summed E-state index contributed by atoms with van der Waals surface area (Å²) >= 11 is 1.31. The Morgan fingerprint density at radius 2 is 2.03 bits per heavy atom. The van der Waals surface area contributed by atoms with E-state index in [2.05, 4.69) is 21.8 Å². The van der Waals surface area contributed by atoms with E-state index >= 15 is 0 Å². The van der Waals surface area contributed by atoms with Crippen LogP contribution in [0.15, 0.2) is 42.1 Å². The lowest BCUT2D eigenvalue weighted by atomic mass is 10.0. The van der Waals surface area contributed by atoms with Crippen LogP contribution in [0.4, 0.5) is 0 Å². The Morgan fingerprint density at radius 1 is 1.30 bits per heavy atom. The normalized spacial score (nSPS) is 15.8. The minimum atomic E-state index is -0.452. The number of aromatic nitrogens is 4. The lowest BCUT2D eigenvalue weighted by Crippen LogP contribution is -2.25. The fourth-order valence-electron chi connectivity index (χ4n) is 4.01. The monoisotopic (exact) mass is 466 g/mol. The Hall–Kier alpha value is -3.33. The molecule has 2 aromatic heterocycles. The predicted octanol–water partition coefficient (Wildman–Crippen LogP) is 4.49. The van der Waals surface area contributed by atoms with Crippen molar-refractivity contribution < 1.29 is 19.1 Å². The molecule has 9 heteroatoms. The SMILES string of the molecule is C=CCn1c(S[C@H](C)C(=O)c2[nH]c(C)c(C(C)=O)c2C)nnc1[C@H]1COc2ccccc2O1. The van der Waals surface area contributed by atoms with E-state index in [1.165, 1.54) is 18.7 Å². The van der Waals surface area contributed by atoms with E-state index in [0.29, 0.717) is 58.1 Å². The van der Waals surface area contributed by atoms with Gasteiger partial charge in [-0.3, -0.25) is 14.2 Å². The molecular weight excluding hydrogens is 440 g/mol. The summed E-state index contributed by atoms with van der Waals surface area (Å²) in [7, 11) is 0. The molecule has 0 saturated heterocycles. The smallest absolute Gasteiger partial charge is 0.192 e. The van der Waals surface area contributed by atoms with Crippen molar-refractivity contribution in [1.29, 1.82) is 0 Å². The van der Waals surface area contributed by atoms with Gasteiger partial charge in [0.15, 0.2) is 40.2 Å². The van der Waals surface area contributed by atoms with E-state index in [0.717, 1.165) is 0 Å². The van der Waals surface area contributed by atoms with Crippen LogP contribution in [-0.2, 0) is 6.54 Å². The first-order chi connectivity index (χ1) is 15.8. The summed E-state index contributed by atoms with van der Waals surface area (Å²) in [6, 6.07) is 7.48.